The standard InChI is InChI=1S/C25H35N5O2/c1-30(22-9-4-3-5-10-22)18-20-11-12-23(27-14-7-15-32-2)24(16-20)28-19-29-25(31)21-8-6-13-26-17-21/h6,8,11-13,16-17,19,22,27H,3-5,7,9-10,14-15,18H2,1-2H3,(H,28,29,31). The summed E-state index contributed by atoms with van der Waals surface area (Å²) in [5, 5.41) is 6.17. The van der Waals surface area contributed by atoms with Crippen LogP contribution in [0.4, 0.5) is 11.4 Å². The number of hydrogen-bond acceptors (Lipinski definition) is 6. The summed E-state index contributed by atoms with van der Waals surface area (Å²) in [5.41, 5.74) is 3.46. The molecule has 7 nitrogen and oxygen atoms in total. The van der Waals surface area contributed by atoms with E-state index in [0.717, 1.165) is 30.9 Å². The van der Waals surface area contributed by atoms with Gasteiger partial charge in [-0.15, -0.1) is 0 Å². The number of nitrogens with one attached hydrogen (secondary N) is 2. The van der Waals surface area contributed by atoms with Gasteiger partial charge in [-0.2, -0.15) is 0 Å². The SMILES string of the molecule is COCCCNc1ccc(CN(C)C2CCCCC2)cc1N=CNC(=O)c1cccnc1. The fourth-order valence-corrected chi connectivity index (χ4v) is 4.05. The zero-order valence-electron chi connectivity index (χ0n) is 19.2. The second-order valence-electron chi connectivity index (χ2n) is 8.30. The van der Waals surface area contributed by atoms with Crippen LogP contribution in [0.15, 0.2) is 47.7 Å². The number of nitrogens with zero attached hydrogens (tertiary/aromatic N) is 3. The number of pyridine rings is 1. The molecular weight excluding hydrogens is 402 g/mol. The number of rotatable bonds is 11. The van der Waals surface area contributed by atoms with E-state index >= 15 is 0 Å². The zero-order valence-corrected chi connectivity index (χ0v) is 19.2. The Labute approximate surface area is 191 Å². The van der Waals surface area contributed by atoms with Gasteiger partial charge in [-0.05, 0) is 56.1 Å². The van der Waals surface area contributed by atoms with Crippen LogP contribution < -0.4 is 10.6 Å². The maximum absolute atomic E-state index is 12.3. The quantitative estimate of drug-likeness (QED) is 0.310. The second kappa shape index (κ2) is 12.9. The van der Waals surface area contributed by atoms with Gasteiger partial charge in [0.2, 0.25) is 0 Å². The topological polar surface area (TPSA) is 78.9 Å². The first kappa shape index (κ1) is 23.9. The van der Waals surface area contributed by atoms with Gasteiger partial charge in [0.15, 0.2) is 0 Å². The highest BCUT2D eigenvalue weighted by molar-refractivity contribution is 6.00. The summed E-state index contributed by atoms with van der Waals surface area (Å²) < 4.78 is 5.14. The minimum absolute atomic E-state index is 0.232. The lowest BCUT2D eigenvalue weighted by Crippen LogP contribution is -2.32. The summed E-state index contributed by atoms with van der Waals surface area (Å²) in [7, 11) is 3.92. The molecule has 1 saturated carbocycles. The molecule has 7 heteroatoms. The molecule has 0 spiro atoms. The average molecular weight is 438 g/mol. The third kappa shape index (κ3) is 7.43. The van der Waals surface area contributed by atoms with Crippen molar-refractivity contribution in [3.63, 3.8) is 0 Å². The van der Waals surface area contributed by atoms with Crippen LogP contribution in [0.1, 0.15) is 54.4 Å². The van der Waals surface area contributed by atoms with Crippen LogP contribution in [0.3, 0.4) is 0 Å². The van der Waals surface area contributed by atoms with Crippen molar-refractivity contribution in [1.82, 2.24) is 15.2 Å². The molecule has 1 aromatic carbocycles. The van der Waals surface area contributed by atoms with E-state index in [1.165, 1.54) is 50.2 Å². The molecule has 0 radical (unpaired) electrons. The van der Waals surface area contributed by atoms with E-state index in [2.05, 4.69) is 50.8 Å². The van der Waals surface area contributed by atoms with Crippen molar-refractivity contribution in [2.45, 2.75) is 51.1 Å². The number of methoxy groups -OCH3 is 1. The van der Waals surface area contributed by atoms with Crippen LogP contribution in [0.5, 0.6) is 0 Å². The van der Waals surface area contributed by atoms with Crippen molar-refractivity contribution in [3.05, 3.63) is 53.9 Å². The maximum atomic E-state index is 12.3. The molecule has 1 aromatic heterocycles. The van der Waals surface area contributed by atoms with Crippen LogP contribution >= 0.6 is 0 Å². The minimum Gasteiger partial charge on any atom is -0.385 e. The number of carbonyl (C=O) groups excluding carboxylic acids is 1. The molecule has 2 aromatic rings. The normalized spacial score (nSPS) is 14.7. The number of aliphatic imine (C=N–C) groups is 1. The minimum atomic E-state index is -0.232. The van der Waals surface area contributed by atoms with E-state index in [4.69, 9.17) is 4.74 Å². The van der Waals surface area contributed by atoms with Gasteiger partial charge < -0.3 is 15.4 Å². The summed E-state index contributed by atoms with van der Waals surface area (Å²) in [6, 6.07) is 10.4. The van der Waals surface area contributed by atoms with Crippen molar-refractivity contribution in [2.75, 3.05) is 32.6 Å². The first-order valence-electron chi connectivity index (χ1n) is 11.5. The van der Waals surface area contributed by atoms with E-state index in [1.54, 1.807) is 25.4 Å². The Hall–Kier alpha value is -2.77. The van der Waals surface area contributed by atoms with Gasteiger partial charge in [0.1, 0.15) is 0 Å². The summed E-state index contributed by atoms with van der Waals surface area (Å²) in [5.74, 6) is -0.232. The number of aromatic nitrogens is 1. The maximum Gasteiger partial charge on any atom is 0.257 e. The first-order chi connectivity index (χ1) is 15.7. The molecule has 1 aliphatic rings. The molecule has 2 N–H and O–H groups in total. The Bertz CT molecular complexity index is 866. The van der Waals surface area contributed by atoms with E-state index < -0.39 is 0 Å². The smallest absolute Gasteiger partial charge is 0.257 e. The highest BCUT2D eigenvalue weighted by atomic mass is 16.5. The predicted octanol–water partition coefficient (Wildman–Crippen LogP) is 4.38. The molecule has 172 valence electrons. The molecule has 3 rings (SSSR count). The van der Waals surface area contributed by atoms with Crippen LogP contribution in [0, 0.1) is 0 Å². The lowest BCUT2D eigenvalue weighted by Gasteiger charge is -2.31. The Morgan fingerprint density at radius 3 is 2.88 bits per heavy atom. The molecule has 0 unspecified atom stereocenters. The third-order valence-corrected chi connectivity index (χ3v) is 5.86. The highest BCUT2D eigenvalue weighted by Gasteiger charge is 2.18. The summed E-state index contributed by atoms with van der Waals surface area (Å²) in [6.07, 6.45) is 12.1. The number of hydrogen-bond donors (Lipinski definition) is 2. The highest BCUT2D eigenvalue weighted by Crippen LogP contribution is 2.28. The van der Waals surface area contributed by atoms with Crippen molar-refractivity contribution in [2.24, 2.45) is 4.99 Å². The van der Waals surface area contributed by atoms with Crippen LogP contribution in [-0.4, -0.2) is 55.5 Å². The van der Waals surface area contributed by atoms with E-state index in [-0.39, 0.29) is 5.91 Å². The Balaban J connectivity index is 1.68. The van der Waals surface area contributed by atoms with Crippen molar-refractivity contribution in [1.29, 1.82) is 0 Å². The predicted molar refractivity (Wildman–Crippen MR) is 130 cm³/mol. The number of ether oxygens (including phenoxy) is 1. The van der Waals surface area contributed by atoms with Crippen molar-refractivity contribution >= 4 is 23.6 Å². The van der Waals surface area contributed by atoms with Gasteiger partial charge in [0.25, 0.3) is 5.91 Å². The fourth-order valence-electron chi connectivity index (χ4n) is 4.05. The molecule has 1 amide bonds. The molecular formula is C25H35N5O2. The van der Waals surface area contributed by atoms with Gasteiger partial charge in [0, 0.05) is 45.2 Å². The van der Waals surface area contributed by atoms with E-state index in [0.29, 0.717) is 18.2 Å². The lowest BCUT2D eigenvalue weighted by atomic mass is 9.94. The molecule has 1 aliphatic carbocycles. The summed E-state index contributed by atoms with van der Waals surface area (Å²) in [6.45, 7) is 2.38. The Morgan fingerprint density at radius 1 is 1.28 bits per heavy atom. The molecule has 1 heterocycles. The molecule has 1 fully saturated rings. The van der Waals surface area contributed by atoms with Crippen molar-refractivity contribution in [3.8, 4) is 0 Å². The molecule has 0 bridgehead atoms. The number of benzene rings is 1. The van der Waals surface area contributed by atoms with Gasteiger partial charge in [-0.25, -0.2) is 4.99 Å². The lowest BCUT2D eigenvalue weighted by molar-refractivity contribution is 0.0978. The summed E-state index contributed by atoms with van der Waals surface area (Å²) in [4.78, 5) is 23.3. The third-order valence-electron chi connectivity index (χ3n) is 5.86. The Kier molecular flexibility index (Phi) is 9.65. The number of amides is 1. The van der Waals surface area contributed by atoms with E-state index in [9.17, 15) is 4.79 Å². The monoisotopic (exact) mass is 437 g/mol. The number of anilines is 1. The van der Waals surface area contributed by atoms with Crippen LogP contribution in [-0.2, 0) is 11.3 Å². The number of carbonyl (C=O) groups is 1. The molecule has 32 heavy (non-hydrogen) atoms. The van der Waals surface area contributed by atoms with E-state index in [1.807, 2.05) is 0 Å². The molecule has 0 saturated heterocycles. The largest absolute Gasteiger partial charge is 0.385 e. The first-order valence-corrected chi connectivity index (χ1v) is 11.5. The van der Waals surface area contributed by atoms with Gasteiger partial charge >= 0.3 is 0 Å². The second-order valence-corrected chi connectivity index (χ2v) is 8.30. The summed E-state index contributed by atoms with van der Waals surface area (Å²) >= 11 is 0. The molecule has 0 aliphatic heterocycles. The zero-order chi connectivity index (χ0) is 22.6. The molecule has 0 atom stereocenters. The van der Waals surface area contributed by atoms with Gasteiger partial charge in [-0.3, -0.25) is 14.7 Å². The van der Waals surface area contributed by atoms with Crippen LogP contribution in [0.25, 0.3) is 0 Å². The Morgan fingerprint density at radius 2 is 2.12 bits per heavy atom. The van der Waals surface area contributed by atoms with Gasteiger partial charge in [0.05, 0.1) is 23.3 Å². The average Bonchev–Trinajstić information content (AvgIpc) is 2.84. The van der Waals surface area contributed by atoms with Gasteiger partial charge in [-0.1, -0.05) is 25.3 Å². The van der Waals surface area contributed by atoms with Crippen LogP contribution in [0.2, 0.25) is 0 Å². The van der Waals surface area contributed by atoms with Crippen molar-refractivity contribution < 1.29 is 9.53 Å². The fraction of sp³-hybridized carbons (Fsp3) is 0.480.